The SMILES string of the molecule is COc1cc(O)c([C@H](CCN2CCN(c3ccccc3)CC2)c2ccc(N(C)C)cc2)c(OC)c1. The second-order valence-electron chi connectivity index (χ2n) is 9.25. The molecule has 0 aliphatic carbocycles. The fourth-order valence-electron chi connectivity index (χ4n) is 4.89. The normalized spacial score (nSPS) is 15.0. The summed E-state index contributed by atoms with van der Waals surface area (Å²) in [5.74, 6) is 1.44. The highest BCUT2D eigenvalue weighted by Gasteiger charge is 2.25. The number of ether oxygens (including phenoxy) is 2. The fourth-order valence-corrected chi connectivity index (χ4v) is 4.89. The van der Waals surface area contributed by atoms with Gasteiger partial charge in [0.2, 0.25) is 0 Å². The summed E-state index contributed by atoms with van der Waals surface area (Å²) >= 11 is 0. The maximum atomic E-state index is 11.0. The van der Waals surface area contributed by atoms with E-state index in [1.165, 1.54) is 5.69 Å². The Morgan fingerprint density at radius 1 is 0.886 bits per heavy atom. The minimum Gasteiger partial charge on any atom is -0.507 e. The summed E-state index contributed by atoms with van der Waals surface area (Å²) in [7, 11) is 7.33. The van der Waals surface area contributed by atoms with Gasteiger partial charge in [0.25, 0.3) is 0 Å². The number of phenols is 1. The number of phenolic OH excluding ortho intramolecular Hbond substituents is 1. The molecule has 1 saturated heterocycles. The lowest BCUT2D eigenvalue weighted by molar-refractivity contribution is 0.250. The van der Waals surface area contributed by atoms with Gasteiger partial charge in [-0.05, 0) is 42.8 Å². The molecule has 0 saturated carbocycles. The van der Waals surface area contributed by atoms with Crippen LogP contribution in [-0.2, 0) is 0 Å². The first-order valence-electron chi connectivity index (χ1n) is 12.2. The van der Waals surface area contributed by atoms with Crippen molar-refractivity contribution in [3.05, 3.63) is 77.9 Å². The van der Waals surface area contributed by atoms with Gasteiger partial charge in [0, 0.05) is 75.3 Å². The lowest BCUT2D eigenvalue weighted by atomic mass is 9.86. The quantitative estimate of drug-likeness (QED) is 0.479. The maximum absolute atomic E-state index is 11.0. The van der Waals surface area contributed by atoms with Crippen LogP contribution in [0, 0.1) is 0 Å². The van der Waals surface area contributed by atoms with Crippen molar-refractivity contribution < 1.29 is 14.6 Å². The van der Waals surface area contributed by atoms with Crippen LogP contribution in [-0.4, -0.2) is 71.0 Å². The predicted octanol–water partition coefficient (Wildman–Crippen LogP) is 4.82. The number of para-hydroxylation sites is 1. The Morgan fingerprint density at radius 3 is 2.17 bits per heavy atom. The molecule has 0 bridgehead atoms. The Labute approximate surface area is 209 Å². The van der Waals surface area contributed by atoms with Gasteiger partial charge >= 0.3 is 0 Å². The second kappa shape index (κ2) is 11.4. The van der Waals surface area contributed by atoms with E-state index in [-0.39, 0.29) is 11.7 Å². The van der Waals surface area contributed by atoms with Gasteiger partial charge in [0.1, 0.15) is 17.2 Å². The summed E-state index contributed by atoms with van der Waals surface area (Å²) in [5, 5.41) is 11.0. The van der Waals surface area contributed by atoms with Crippen LogP contribution in [0.4, 0.5) is 11.4 Å². The number of methoxy groups -OCH3 is 2. The topological polar surface area (TPSA) is 48.4 Å². The smallest absolute Gasteiger partial charge is 0.130 e. The zero-order chi connectivity index (χ0) is 24.8. The summed E-state index contributed by atoms with van der Waals surface area (Å²) in [6.07, 6.45) is 0.878. The highest BCUT2D eigenvalue weighted by Crippen LogP contribution is 2.43. The van der Waals surface area contributed by atoms with Crippen LogP contribution in [0.1, 0.15) is 23.5 Å². The van der Waals surface area contributed by atoms with Crippen molar-refractivity contribution in [3.8, 4) is 17.2 Å². The standard InChI is InChI=1S/C29H37N3O3/c1-30(2)23-12-10-22(11-13-23)26(29-27(33)20-25(34-3)21-28(29)35-4)14-15-31-16-18-32(19-17-31)24-8-6-5-7-9-24/h5-13,20-21,26,33H,14-19H2,1-4H3/t26-/m1/s1. The van der Waals surface area contributed by atoms with Crippen LogP contribution in [0.25, 0.3) is 0 Å². The largest absolute Gasteiger partial charge is 0.507 e. The monoisotopic (exact) mass is 475 g/mol. The zero-order valence-electron chi connectivity index (χ0n) is 21.3. The fraction of sp³-hybridized carbons (Fsp3) is 0.379. The number of benzene rings is 3. The Bertz CT molecular complexity index is 1080. The van der Waals surface area contributed by atoms with Gasteiger partial charge < -0.3 is 24.4 Å². The van der Waals surface area contributed by atoms with Crippen molar-refractivity contribution in [3.63, 3.8) is 0 Å². The van der Waals surface area contributed by atoms with Crippen molar-refractivity contribution in [1.82, 2.24) is 4.90 Å². The molecular formula is C29H37N3O3. The third-order valence-corrected chi connectivity index (χ3v) is 6.94. The van der Waals surface area contributed by atoms with Gasteiger partial charge in [-0.2, -0.15) is 0 Å². The van der Waals surface area contributed by atoms with E-state index in [4.69, 9.17) is 9.47 Å². The van der Waals surface area contributed by atoms with E-state index < -0.39 is 0 Å². The van der Waals surface area contributed by atoms with Gasteiger partial charge in [-0.15, -0.1) is 0 Å². The van der Waals surface area contributed by atoms with E-state index in [0.29, 0.717) is 11.5 Å². The minimum absolute atomic E-state index is 0.000721. The molecule has 0 spiro atoms. The third kappa shape index (κ3) is 5.82. The van der Waals surface area contributed by atoms with Crippen LogP contribution >= 0.6 is 0 Å². The molecule has 1 aliphatic rings. The Balaban J connectivity index is 1.54. The van der Waals surface area contributed by atoms with E-state index >= 15 is 0 Å². The average Bonchev–Trinajstić information content (AvgIpc) is 2.90. The van der Waals surface area contributed by atoms with E-state index in [0.717, 1.165) is 56.0 Å². The summed E-state index contributed by atoms with van der Waals surface area (Å²) in [6.45, 7) is 5.02. The summed E-state index contributed by atoms with van der Waals surface area (Å²) < 4.78 is 11.1. The number of piperazine rings is 1. The van der Waals surface area contributed by atoms with Crippen molar-refractivity contribution in [2.45, 2.75) is 12.3 Å². The number of hydrogen-bond donors (Lipinski definition) is 1. The van der Waals surface area contributed by atoms with Crippen molar-refractivity contribution in [2.24, 2.45) is 0 Å². The summed E-state index contributed by atoms with van der Waals surface area (Å²) in [5.41, 5.74) is 4.42. The number of hydrogen-bond acceptors (Lipinski definition) is 6. The Morgan fingerprint density at radius 2 is 1.57 bits per heavy atom. The highest BCUT2D eigenvalue weighted by molar-refractivity contribution is 5.56. The molecule has 0 unspecified atom stereocenters. The van der Waals surface area contributed by atoms with Crippen LogP contribution in [0.3, 0.4) is 0 Å². The first-order chi connectivity index (χ1) is 17.0. The van der Waals surface area contributed by atoms with Crippen LogP contribution in [0.2, 0.25) is 0 Å². The molecule has 3 aromatic rings. The van der Waals surface area contributed by atoms with Crippen molar-refractivity contribution >= 4 is 11.4 Å². The molecular weight excluding hydrogens is 438 g/mol. The molecule has 186 valence electrons. The lowest BCUT2D eigenvalue weighted by Gasteiger charge is -2.36. The summed E-state index contributed by atoms with van der Waals surface area (Å²) in [4.78, 5) is 7.07. The molecule has 0 radical (unpaired) electrons. The molecule has 1 heterocycles. The van der Waals surface area contributed by atoms with E-state index in [2.05, 4.69) is 69.3 Å². The molecule has 1 fully saturated rings. The molecule has 1 aliphatic heterocycles. The van der Waals surface area contributed by atoms with Gasteiger partial charge in [-0.1, -0.05) is 30.3 Å². The zero-order valence-corrected chi connectivity index (χ0v) is 21.3. The second-order valence-corrected chi connectivity index (χ2v) is 9.25. The molecule has 3 aromatic carbocycles. The van der Waals surface area contributed by atoms with E-state index in [1.807, 2.05) is 20.2 Å². The minimum atomic E-state index is -0.000721. The van der Waals surface area contributed by atoms with Gasteiger partial charge in [0.15, 0.2) is 0 Å². The van der Waals surface area contributed by atoms with E-state index in [9.17, 15) is 5.11 Å². The van der Waals surface area contributed by atoms with Crippen LogP contribution in [0.15, 0.2) is 66.7 Å². The molecule has 35 heavy (non-hydrogen) atoms. The molecule has 0 aromatic heterocycles. The molecule has 0 amide bonds. The number of aromatic hydroxyl groups is 1. The number of rotatable bonds is 9. The molecule has 1 N–H and O–H groups in total. The highest BCUT2D eigenvalue weighted by atomic mass is 16.5. The van der Waals surface area contributed by atoms with Crippen LogP contribution in [0.5, 0.6) is 17.2 Å². The molecule has 6 heteroatoms. The first kappa shape index (κ1) is 24.7. The Kier molecular flexibility index (Phi) is 8.03. The van der Waals surface area contributed by atoms with Gasteiger partial charge in [0.05, 0.1) is 14.2 Å². The predicted molar refractivity (Wildman–Crippen MR) is 144 cm³/mol. The maximum Gasteiger partial charge on any atom is 0.130 e. The lowest BCUT2D eigenvalue weighted by Crippen LogP contribution is -2.46. The number of anilines is 2. The summed E-state index contributed by atoms with van der Waals surface area (Å²) in [6, 6.07) is 22.8. The Hall–Kier alpha value is -3.38. The van der Waals surface area contributed by atoms with Crippen molar-refractivity contribution in [2.75, 3.05) is 70.8 Å². The first-order valence-corrected chi connectivity index (χ1v) is 12.2. The van der Waals surface area contributed by atoms with Crippen molar-refractivity contribution in [1.29, 1.82) is 0 Å². The average molecular weight is 476 g/mol. The molecule has 4 rings (SSSR count). The molecule has 6 nitrogen and oxygen atoms in total. The van der Waals surface area contributed by atoms with Crippen LogP contribution < -0.4 is 19.3 Å². The van der Waals surface area contributed by atoms with Gasteiger partial charge in [-0.25, -0.2) is 0 Å². The number of nitrogens with zero attached hydrogens (tertiary/aromatic N) is 3. The van der Waals surface area contributed by atoms with Gasteiger partial charge in [-0.3, -0.25) is 4.90 Å². The van der Waals surface area contributed by atoms with E-state index in [1.54, 1.807) is 20.3 Å². The molecule has 1 atom stereocenters. The third-order valence-electron chi connectivity index (χ3n) is 6.94.